The maximum atomic E-state index is 12.1. The summed E-state index contributed by atoms with van der Waals surface area (Å²) in [6, 6.07) is 18.4. The Bertz CT molecular complexity index is 767. The zero-order chi connectivity index (χ0) is 17.3. The van der Waals surface area contributed by atoms with E-state index in [1.165, 1.54) is 5.56 Å². The minimum atomic E-state index is 0.248. The molecular formula is C21H22N2OS. The SMILES string of the molecule is O=C(CCCCCc1ccccc1)Cc1ccc(-c2cccs2)nn1. The fourth-order valence-corrected chi connectivity index (χ4v) is 3.46. The van der Waals surface area contributed by atoms with Gasteiger partial charge in [-0.3, -0.25) is 4.79 Å². The van der Waals surface area contributed by atoms with Crippen LogP contribution in [0.2, 0.25) is 0 Å². The van der Waals surface area contributed by atoms with Gasteiger partial charge in [0.1, 0.15) is 11.5 Å². The Labute approximate surface area is 152 Å². The molecule has 1 aromatic carbocycles. The summed E-state index contributed by atoms with van der Waals surface area (Å²) in [6.07, 6.45) is 5.27. The second kappa shape index (κ2) is 9.23. The van der Waals surface area contributed by atoms with Crippen molar-refractivity contribution in [1.82, 2.24) is 10.2 Å². The summed E-state index contributed by atoms with van der Waals surface area (Å²) in [6.45, 7) is 0. The minimum absolute atomic E-state index is 0.248. The molecular weight excluding hydrogens is 328 g/mol. The van der Waals surface area contributed by atoms with Gasteiger partial charge in [0.25, 0.3) is 0 Å². The number of carbonyl (C=O) groups excluding carboxylic acids is 1. The van der Waals surface area contributed by atoms with Crippen LogP contribution in [0.25, 0.3) is 10.6 Å². The molecule has 128 valence electrons. The number of unbranched alkanes of at least 4 members (excludes halogenated alkanes) is 2. The van der Waals surface area contributed by atoms with Crippen LogP contribution < -0.4 is 0 Å². The van der Waals surface area contributed by atoms with Crippen LogP contribution in [0.5, 0.6) is 0 Å². The van der Waals surface area contributed by atoms with Crippen molar-refractivity contribution in [3.63, 3.8) is 0 Å². The molecule has 0 fully saturated rings. The average Bonchev–Trinajstić information content (AvgIpc) is 3.18. The summed E-state index contributed by atoms with van der Waals surface area (Å²) in [5, 5.41) is 10.4. The molecule has 0 unspecified atom stereocenters. The molecule has 0 atom stereocenters. The Morgan fingerprint density at radius 2 is 1.76 bits per heavy atom. The molecule has 3 nitrogen and oxygen atoms in total. The van der Waals surface area contributed by atoms with Crippen LogP contribution in [0.3, 0.4) is 0 Å². The molecule has 0 N–H and O–H groups in total. The van der Waals surface area contributed by atoms with Gasteiger partial charge in [-0.25, -0.2) is 0 Å². The maximum Gasteiger partial charge on any atom is 0.138 e. The van der Waals surface area contributed by atoms with Gasteiger partial charge in [0, 0.05) is 6.42 Å². The molecule has 0 spiro atoms. The normalized spacial score (nSPS) is 10.7. The van der Waals surface area contributed by atoms with Crippen molar-refractivity contribution >= 4 is 17.1 Å². The van der Waals surface area contributed by atoms with Crippen molar-refractivity contribution in [2.45, 2.75) is 38.5 Å². The molecule has 0 aliphatic heterocycles. The zero-order valence-electron chi connectivity index (χ0n) is 14.2. The second-order valence-electron chi connectivity index (χ2n) is 6.15. The Morgan fingerprint density at radius 3 is 2.48 bits per heavy atom. The standard InChI is InChI=1S/C21H22N2OS/c24-19(11-6-2-5-10-17-8-3-1-4-9-17)16-18-13-14-20(23-22-18)21-12-7-15-25-21/h1,3-4,7-9,12-15H,2,5-6,10-11,16H2. The van der Waals surface area contributed by atoms with E-state index in [9.17, 15) is 4.79 Å². The predicted molar refractivity (Wildman–Crippen MR) is 103 cm³/mol. The van der Waals surface area contributed by atoms with Crippen molar-refractivity contribution in [3.05, 3.63) is 71.2 Å². The van der Waals surface area contributed by atoms with Gasteiger partial charge in [-0.1, -0.05) is 42.8 Å². The van der Waals surface area contributed by atoms with Gasteiger partial charge in [0.15, 0.2) is 0 Å². The first-order chi connectivity index (χ1) is 12.3. The summed E-state index contributed by atoms with van der Waals surface area (Å²) in [5.74, 6) is 0.248. The van der Waals surface area contributed by atoms with Gasteiger partial charge in [0.2, 0.25) is 0 Å². The van der Waals surface area contributed by atoms with Gasteiger partial charge in [0.05, 0.1) is 17.0 Å². The lowest BCUT2D eigenvalue weighted by Gasteiger charge is -2.03. The smallest absolute Gasteiger partial charge is 0.138 e. The zero-order valence-corrected chi connectivity index (χ0v) is 15.0. The Hall–Kier alpha value is -2.33. The molecule has 0 aliphatic rings. The fourth-order valence-electron chi connectivity index (χ4n) is 2.77. The van der Waals surface area contributed by atoms with Crippen molar-refractivity contribution in [1.29, 1.82) is 0 Å². The molecule has 4 heteroatoms. The maximum absolute atomic E-state index is 12.1. The summed E-state index contributed by atoms with van der Waals surface area (Å²) in [5.41, 5.74) is 3.00. The van der Waals surface area contributed by atoms with E-state index in [0.717, 1.165) is 41.9 Å². The van der Waals surface area contributed by atoms with Gasteiger partial charge >= 0.3 is 0 Å². The Balaban J connectivity index is 1.36. The van der Waals surface area contributed by atoms with E-state index >= 15 is 0 Å². The first-order valence-corrected chi connectivity index (χ1v) is 9.61. The number of aromatic nitrogens is 2. The van der Waals surface area contributed by atoms with Gasteiger partial charge in [-0.15, -0.1) is 16.4 Å². The van der Waals surface area contributed by atoms with Crippen molar-refractivity contribution in [3.8, 4) is 10.6 Å². The molecule has 0 amide bonds. The van der Waals surface area contributed by atoms with Gasteiger partial charge in [-0.2, -0.15) is 5.10 Å². The second-order valence-corrected chi connectivity index (χ2v) is 7.10. The highest BCUT2D eigenvalue weighted by molar-refractivity contribution is 7.13. The molecule has 3 aromatic rings. The van der Waals surface area contributed by atoms with Crippen molar-refractivity contribution < 1.29 is 4.79 Å². The molecule has 25 heavy (non-hydrogen) atoms. The highest BCUT2D eigenvalue weighted by Crippen LogP contribution is 2.21. The van der Waals surface area contributed by atoms with Crippen LogP contribution in [0.1, 0.15) is 36.9 Å². The summed E-state index contributed by atoms with van der Waals surface area (Å²) in [7, 11) is 0. The minimum Gasteiger partial charge on any atom is -0.299 e. The van der Waals surface area contributed by atoms with Crippen LogP contribution in [0.4, 0.5) is 0 Å². The number of Topliss-reactive ketones (excluding diaryl/α,β-unsaturated/α-hetero) is 1. The molecule has 0 bridgehead atoms. The summed E-state index contributed by atoms with van der Waals surface area (Å²) in [4.78, 5) is 13.2. The third-order valence-corrected chi connectivity index (χ3v) is 5.03. The van der Waals surface area contributed by atoms with E-state index < -0.39 is 0 Å². The lowest BCUT2D eigenvalue weighted by Crippen LogP contribution is -2.05. The number of aryl methyl sites for hydroxylation is 1. The van der Waals surface area contributed by atoms with E-state index in [-0.39, 0.29) is 5.78 Å². The monoisotopic (exact) mass is 350 g/mol. The van der Waals surface area contributed by atoms with E-state index in [4.69, 9.17) is 0 Å². The number of hydrogen-bond acceptors (Lipinski definition) is 4. The highest BCUT2D eigenvalue weighted by atomic mass is 32.1. The van der Waals surface area contributed by atoms with E-state index in [1.807, 2.05) is 35.7 Å². The van der Waals surface area contributed by atoms with Gasteiger partial charge < -0.3 is 0 Å². The van der Waals surface area contributed by atoms with Crippen LogP contribution in [0, 0.1) is 0 Å². The van der Waals surface area contributed by atoms with Crippen molar-refractivity contribution in [2.24, 2.45) is 0 Å². The largest absolute Gasteiger partial charge is 0.299 e. The van der Waals surface area contributed by atoms with Gasteiger partial charge in [-0.05, 0) is 48.4 Å². The molecule has 0 saturated carbocycles. The molecule has 3 rings (SSSR count). The lowest BCUT2D eigenvalue weighted by molar-refractivity contribution is -0.118. The third kappa shape index (κ3) is 5.61. The molecule has 0 radical (unpaired) electrons. The van der Waals surface area contributed by atoms with Crippen LogP contribution >= 0.6 is 11.3 Å². The number of carbonyl (C=O) groups is 1. The molecule has 0 aliphatic carbocycles. The number of nitrogens with zero attached hydrogens (tertiary/aromatic N) is 2. The number of benzene rings is 1. The number of rotatable bonds is 9. The van der Waals surface area contributed by atoms with E-state index in [0.29, 0.717) is 12.8 Å². The lowest BCUT2D eigenvalue weighted by atomic mass is 10.0. The predicted octanol–water partition coefficient (Wildman–Crippen LogP) is 5.12. The van der Waals surface area contributed by atoms with Crippen molar-refractivity contribution in [2.75, 3.05) is 0 Å². The number of hydrogen-bond donors (Lipinski definition) is 0. The van der Waals surface area contributed by atoms with Crippen LogP contribution in [-0.2, 0) is 17.6 Å². The highest BCUT2D eigenvalue weighted by Gasteiger charge is 2.07. The topological polar surface area (TPSA) is 42.9 Å². The van der Waals surface area contributed by atoms with E-state index in [2.05, 4.69) is 34.5 Å². The first kappa shape index (κ1) is 17.5. The van der Waals surface area contributed by atoms with E-state index in [1.54, 1.807) is 11.3 Å². The van der Waals surface area contributed by atoms with Crippen LogP contribution in [0.15, 0.2) is 60.0 Å². The summed E-state index contributed by atoms with van der Waals surface area (Å²) < 4.78 is 0. The molecule has 2 aromatic heterocycles. The number of ketones is 1. The number of thiophene rings is 1. The Kier molecular flexibility index (Phi) is 6.46. The molecule has 0 saturated heterocycles. The Morgan fingerprint density at radius 1 is 0.880 bits per heavy atom. The average molecular weight is 350 g/mol. The van der Waals surface area contributed by atoms with Crippen LogP contribution in [-0.4, -0.2) is 16.0 Å². The fraction of sp³-hybridized carbons (Fsp3) is 0.286. The quantitative estimate of drug-likeness (QED) is 0.503. The third-order valence-electron chi connectivity index (χ3n) is 4.14. The summed E-state index contributed by atoms with van der Waals surface area (Å²) >= 11 is 1.64. The first-order valence-electron chi connectivity index (χ1n) is 8.73. The molecule has 2 heterocycles.